The Balaban J connectivity index is 2.60. The lowest BCUT2D eigenvalue weighted by Gasteiger charge is -2.20. The first-order chi connectivity index (χ1) is 7.82. The molecule has 1 heterocycles. The van der Waals surface area contributed by atoms with E-state index in [9.17, 15) is 13.8 Å². The zero-order chi connectivity index (χ0) is 13.2. The molecule has 3 atom stereocenters. The van der Waals surface area contributed by atoms with Gasteiger partial charge in [-0.2, -0.15) is 0 Å². The summed E-state index contributed by atoms with van der Waals surface area (Å²) >= 11 is 0. The molecule has 1 rings (SSSR count). The molecule has 0 spiro atoms. The summed E-state index contributed by atoms with van der Waals surface area (Å²) in [5.41, 5.74) is 0. The average Bonchev–Trinajstić information content (AvgIpc) is 2.39. The minimum absolute atomic E-state index is 0.0327. The van der Waals surface area contributed by atoms with Crippen molar-refractivity contribution in [2.75, 3.05) is 12.0 Å². The predicted molar refractivity (Wildman–Crippen MR) is 66.9 cm³/mol. The van der Waals surface area contributed by atoms with E-state index in [1.165, 1.54) is 4.90 Å². The minimum Gasteiger partial charge on any atom is -0.302 e. The Hall–Kier alpha value is -0.750. The summed E-state index contributed by atoms with van der Waals surface area (Å²) in [6.45, 7) is 5.52. The van der Waals surface area contributed by atoms with Gasteiger partial charge in [-0.1, -0.05) is 0 Å². The van der Waals surface area contributed by atoms with Gasteiger partial charge < -0.3 is 5.32 Å². The van der Waals surface area contributed by atoms with Crippen LogP contribution in [-0.2, 0) is 20.4 Å². The van der Waals surface area contributed by atoms with Crippen molar-refractivity contribution in [1.82, 2.24) is 10.2 Å². The van der Waals surface area contributed by atoms with Crippen LogP contribution in [0.4, 0.5) is 0 Å². The molecule has 0 bridgehead atoms. The van der Waals surface area contributed by atoms with Gasteiger partial charge in [-0.05, 0) is 20.8 Å². The van der Waals surface area contributed by atoms with E-state index < -0.39 is 16.8 Å². The maximum absolute atomic E-state index is 11.9. The molecule has 98 valence electrons. The summed E-state index contributed by atoms with van der Waals surface area (Å²) in [5.74, 6) is 0.186. The van der Waals surface area contributed by atoms with E-state index in [1.54, 1.807) is 6.26 Å². The van der Waals surface area contributed by atoms with Crippen molar-refractivity contribution < 1.29 is 13.8 Å². The fraction of sp³-hybridized carbons (Fsp3) is 0.818. The zero-order valence-electron chi connectivity index (χ0n) is 10.7. The number of rotatable bonds is 5. The van der Waals surface area contributed by atoms with Crippen molar-refractivity contribution in [2.45, 2.75) is 45.3 Å². The molecule has 1 aliphatic heterocycles. The summed E-state index contributed by atoms with van der Waals surface area (Å²) in [7, 11) is -0.906. The third-order valence-corrected chi connectivity index (χ3v) is 3.64. The highest BCUT2D eigenvalue weighted by Gasteiger charge is 2.40. The van der Waals surface area contributed by atoms with Crippen molar-refractivity contribution in [1.29, 1.82) is 0 Å². The Morgan fingerprint density at radius 3 is 2.41 bits per heavy atom. The number of hydrogen-bond acceptors (Lipinski definition) is 4. The first-order valence-corrected chi connectivity index (χ1v) is 7.47. The van der Waals surface area contributed by atoms with Crippen molar-refractivity contribution in [3.63, 3.8) is 0 Å². The van der Waals surface area contributed by atoms with Crippen LogP contribution in [0.25, 0.3) is 0 Å². The quantitative estimate of drug-likeness (QED) is 0.700. The number of nitrogens with one attached hydrogen (secondary N) is 1. The smallest absolute Gasteiger partial charge is 0.247 e. The molecule has 1 saturated heterocycles. The fourth-order valence-electron chi connectivity index (χ4n) is 2.07. The summed E-state index contributed by atoms with van der Waals surface area (Å²) in [5, 5.41) is 3.07. The molecule has 0 radical (unpaired) electrons. The molecule has 5 nitrogen and oxygen atoms in total. The first kappa shape index (κ1) is 14.3. The van der Waals surface area contributed by atoms with Crippen LogP contribution in [0.3, 0.4) is 0 Å². The molecular formula is C11H20N2O3S. The highest BCUT2D eigenvalue weighted by molar-refractivity contribution is 7.84. The van der Waals surface area contributed by atoms with Gasteiger partial charge in [-0.15, -0.1) is 0 Å². The van der Waals surface area contributed by atoms with Crippen LogP contribution in [-0.4, -0.2) is 51.1 Å². The number of hydrogen-bond donors (Lipinski definition) is 1. The van der Waals surface area contributed by atoms with E-state index in [2.05, 4.69) is 5.32 Å². The molecular weight excluding hydrogens is 240 g/mol. The van der Waals surface area contributed by atoms with Gasteiger partial charge in [0.05, 0.1) is 12.5 Å². The number of amides is 2. The van der Waals surface area contributed by atoms with E-state index in [0.29, 0.717) is 5.75 Å². The molecule has 1 aliphatic rings. The Labute approximate surface area is 104 Å². The maximum Gasteiger partial charge on any atom is 0.247 e. The van der Waals surface area contributed by atoms with Crippen LogP contribution < -0.4 is 5.32 Å². The molecule has 0 aliphatic carbocycles. The van der Waals surface area contributed by atoms with Crippen LogP contribution >= 0.6 is 0 Å². The maximum atomic E-state index is 11.9. The van der Waals surface area contributed by atoms with Crippen molar-refractivity contribution in [2.24, 2.45) is 0 Å². The Bertz CT molecular complexity index is 344. The van der Waals surface area contributed by atoms with Gasteiger partial charge in [-0.25, -0.2) is 0 Å². The lowest BCUT2D eigenvalue weighted by Crippen LogP contribution is -2.45. The van der Waals surface area contributed by atoms with Crippen molar-refractivity contribution >= 4 is 22.6 Å². The highest BCUT2D eigenvalue weighted by Crippen LogP contribution is 2.16. The molecule has 2 amide bonds. The van der Waals surface area contributed by atoms with E-state index in [4.69, 9.17) is 0 Å². The average molecular weight is 260 g/mol. The summed E-state index contributed by atoms with van der Waals surface area (Å²) in [6.07, 6.45) is 1.83. The second kappa shape index (κ2) is 5.73. The number of imide groups is 1. The van der Waals surface area contributed by atoms with Crippen LogP contribution in [0.1, 0.15) is 27.2 Å². The summed E-state index contributed by atoms with van der Waals surface area (Å²) < 4.78 is 11.1. The molecule has 1 fully saturated rings. The second-order valence-corrected chi connectivity index (χ2v) is 6.24. The van der Waals surface area contributed by atoms with Gasteiger partial charge in [0.2, 0.25) is 11.8 Å². The number of carbonyl (C=O) groups is 2. The van der Waals surface area contributed by atoms with Gasteiger partial charge in [-0.3, -0.25) is 18.7 Å². The van der Waals surface area contributed by atoms with Crippen LogP contribution in [0.15, 0.2) is 0 Å². The summed E-state index contributed by atoms with van der Waals surface area (Å²) in [6, 6.07) is -0.587. The molecule has 6 heteroatoms. The Morgan fingerprint density at radius 2 is 2.00 bits per heavy atom. The lowest BCUT2D eigenvalue weighted by atomic mass is 10.2. The third-order valence-electron chi connectivity index (χ3n) is 2.67. The first-order valence-electron chi connectivity index (χ1n) is 5.75. The van der Waals surface area contributed by atoms with Gasteiger partial charge in [0.15, 0.2) is 0 Å². The number of likely N-dealkylation sites (tertiary alicyclic amines) is 1. The molecule has 17 heavy (non-hydrogen) atoms. The van der Waals surface area contributed by atoms with Crippen molar-refractivity contribution in [3.05, 3.63) is 0 Å². The van der Waals surface area contributed by atoms with Gasteiger partial charge in [0.25, 0.3) is 0 Å². The lowest BCUT2D eigenvalue weighted by molar-refractivity contribution is -0.140. The topological polar surface area (TPSA) is 66.5 Å². The van der Waals surface area contributed by atoms with E-state index in [1.807, 2.05) is 20.8 Å². The number of carbonyl (C=O) groups excluding carboxylic acids is 2. The molecule has 0 saturated carbocycles. The number of nitrogens with zero attached hydrogens (tertiary/aromatic N) is 1. The molecule has 3 unspecified atom stereocenters. The Kier molecular flexibility index (Phi) is 4.82. The largest absolute Gasteiger partial charge is 0.302 e. The highest BCUT2D eigenvalue weighted by atomic mass is 32.2. The summed E-state index contributed by atoms with van der Waals surface area (Å²) in [4.78, 5) is 24.9. The van der Waals surface area contributed by atoms with Crippen LogP contribution in [0.2, 0.25) is 0 Å². The van der Waals surface area contributed by atoms with Crippen LogP contribution in [0.5, 0.6) is 0 Å². The third kappa shape index (κ3) is 3.61. The predicted octanol–water partition coefficient (Wildman–Crippen LogP) is -0.121. The fourth-order valence-corrected chi connectivity index (χ4v) is 2.87. The van der Waals surface area contributed by atoms with Crippen molar-refractivity contribution in [3.8, 4) is 0 Å². The van der Waals surface area contributed by atoms with Crippen LogP contribution in [0, 0.1) is 0 Å². The monoisotopic (exact) mass is 260 g/mol. The van der Waals surface area contributed by atoms with Gasteiger partial charge >= 0.3 is 0 Å². The molecule has 1 N–H and O–H groups in total. The van der Waals surface area contributed by atoms with Gasteiger partial charge in [0.1, 0.15) is 0 Å². The minimum atomic E-state index is -0.906. The van der Waals surface area contributed by atoms with E-state index >= 15 is 0 Å². The normalized spacial score (nSPS) is 24.5. The molecule has 0 aromatic carbocycles. The molecule has 0 aromatic heterocycles. The standard InChI is InChI=1S/C11H20N2O3S/c1-7(2)13-10(14)5-9(11(13)15)12-8(3)6-17(4)16/h7-9,12H,5-6H2,1-4H3. The van der Waals surface area contributed by atoms with Gasteiger partial charge in [0, 0.05) is 34.9 Å². The molecule has 0 aromatic rings. The second-order valence-electron chi connectivity index (χ2n) is 4.76. The van der Waals surface area contributed by atoms with E-state index in [0.717, 1.165) is 0 Å². The SMILES string of the molecule is CC(CS(C)=O)NC1CC(=O)N(C(C)C)C1=O. The van der Waals surface area contributed by atoms with E-state index in [-0.39, 0.29) is 30.3 Å². The zero-order valence-corrected chi connectivity index (χ0v) is 11.5. The Morgan fingerprint density at radius 1 is 1.41 bits per heavy atom.